The van der Waals surface area contributed by atoms with E-state index in [4.69, 9.17) is 0 Å². The number of benzene rings is 1. The van der Waals surface area contributed by atoms with Crippen LogP contribution < -0.4 is 10.6 Å². The molecule has 24 heavy (non-hydrogen) atoms. The van der Waals surface area contributed by atoms with Crippen LogP contribution in [0.25, 0.3) is 0 Å². The number of piperidine rings is 1. The molecular weight excluding hydrogens is 312 g/mol. The first-order valence-corrected chi connectivity index (χ1v) is 8.70. The van der Waals surface area contributed by atoms with Gasteiger partial charge in [0.15, 0.2) is 0 Å². The molecular formula is C18H23F2N3O. The molecule has 2 heterocycles. The highest BCUT2D eigenvalue weighted by Crippen LogP contribution is 2.65. The molecule has 1 saturated heterocycles. The molecule has 1 spiro atoms. The standard InChI is InChI=1S/C18H23F2N3O/c19-18(20)12-17(18)5-7-23(8-6-17)16(24)22-11-15-9-13-3-1-2-4-14(13)10-21-15/h1-4,15,21H,5-12H2,(H,22,24). The van der Waals surface area contributed by atoms with Crippen LogP contribution in [0.15, 0.2) is 24.3 Å². The van der Waals surface area contributed by atoms with Gasteiger partial charge in [-0.2, -0.15) is 0 Å². The molecule has 1 atom stereocenters. The van der Waals surface area contributed by atoms with Crippen LogP contribution in [0.3, 0.4) is 0 Å². The molecule has 0 radical (unpaired) electrons. The van der Waals surface area contributed by atoms with Crippen molar-refractivity contribution >= 4 is 6.03 Å². The first-order valence-electron chi connectivity index (χ1n) is 8.70. The normalized spacial score (nSPS) is 26.8. The first kappa shape index (κ1) is 15.8. The van der Waals surface area contributed by atoms with Crippen molar-refractivity contribution in [2.75, 3.05) is 19.6 Å². The summed E-state index contributed by atoms with van der Waals surface area (Å²) in [5.74, 6) is -2.50. The van der Waals surface area contributed by atoms with Gasteiger partial charge in [-0.3, -0.25) is 0 Å². The van der Waals surface area contributed by atoms with E-state index in [0.29, 0.717) is 32.5 Å². The Morgan fingerprint density at radius 1 is 1.25 bits per heavy atom. The van der Waals surface area contributed by atoms with Crippen LogP contribution in [0.1, 0.15) is 30.4 Å². The van der Waals surface area contributed by atoms with Crippen molar-refractivity contribution in [3.8, 4) is 0 Å². The monoisotopic (exact) mass is 335 g/mol. The molecule has 1 aromatic rings. The average Bonchev–Trinajstić information content (AvgIpc) is 3.12. The number of hydrogen-bond donors (Lipinski definition) is 2. The zero-order valence-corrected chi connectivity index (χ0v) is 13.7. The fourth-order valence-corrected chi connectivity index (χ4v) is 4.05. The molecule has 0 bridgehead atoms. The number of rotatable bonds is 2. The maximum Gasteiger partial charge on any atom is 0.317 e. The molecule has 4 nitrogen and oxygen atoms in total. The number of carbonyl (C=O) groups excluding carboxylic acids is 1. The molecule has 2 fully saturated rings. The van der Waals surface area contributed by atoms with Crippen LogP contribution in [-0.4, -0.2) is 42.5 Å². The molecule has 1 saturated carbocycles. The Hall–Kier alpha value is -1.69. The number of urea groups is 1. The molecule has 2 N–H and O–H groups in total. The first-order chi connectivity index (χ1) is 11.5. The van der Waals surface area contributed by atoms with Crippen LogP contribution in [0.5, 0.6) is 0 Å². The average molecular weight is 335 g/mol. The maximum atomic E-state index is 13.4. The second-order valence-corrected chi connectivity index (χ2v) is 7.39. The lowest BCUT2D eigenvalue weighted by molar-refractivity contribution is 0.0370. The number of halogens is 2. The van der Waals surface area contributed by atoms with Crippen molar-refractivity contribution in [3.63, 3.8) is 0 Å². The molecule has 2 amide bonds. The lowest BCUT2D eigenvalue weighted by Gasteiger charge is -2.33. The summed E-state index contributed by atoms with van der Waals surface area (Å²) in [5, 5.41) is 6.39. The lowest BCUT2D eigenvalue weighted by Crippen LogP contribution is -2.50. The predicted molar refractivity (Wildman–Crippen MR) is 87.0 cm³/mol. The number of nitrogens with zero attached hydrogens (tertiary/aromatic N) is 1. The minimum Gasteiger partial charge on any atom is -0.336 e. The minimum atomic E-state index is -2.50. The van der Waals surface area contributed by atoms with E-state index in [1.165, 1.54) is 11.1 Å². The van der Waals surface area contributed by atoms with E-state index in [0.717, 1.165) is 13.0 Å². The highest BCUT2D eigenvalue weighted by molar-refractivity contribution is 5.74. The summed E-state index contributed by atoms with van der Waals surface area (Å²) in [4.78, 5) is 14.0. The van der Waals surface area contributed by atoms with Gasteiger partial charge in [0.25, 0.3) is 5.92 Å². The minimum absolute atomic E-state index is 0.000855. The molecule has 0 aromatic heterocycles. The summed E-state index contributed by atoms with van der Waals surface area (Å²) >= 11 is 0. The number of hydrogen-bond acceptors (Lipinski definition) is 2. The maximum absolute atomic E-state index is 13.4. The molecule has 2 aliphatic heterocycles. The third kappa shape index (κ3) is 2.77. The summed E-state index contributed by atoms with van der Waals surface area (Å²) < 4.78 is 26.8. The molecule has 1 unspecified atom stereocenters. The fraction of sp³-hybridized carbons (Fsp3) is 0.611. The highest BCUT2D eigenvalue weighted by atomic mass is 19.3. The summed E-state index contributed by atoms with van der Waals surface area (Å²) in [5.41, 5.74) is 1.83. The number of alkyl halides is 2. The number of carbonyl (C=O) groups is 1. The summed E-state index contributed by atoms with van der Waals surface area (Å²) in [6.45, 7) is 2.24. The third-order valence-corrected chi connectivity index (χ3v) is 5.88. The van der Waals surface area contributed by atoms with Crippen molar-refractivity contribution in [2.45, 2.75) is 44.2 Å². The van der Waals surface area contributed by atoms with Crippen molar-refractivity contribution in [3.05, 3.63) is 35.4 Å². The van der Waals surface area contributed by atoms with E-state index in [9.17, 15) is 13.6 Å². The lowest BCUT2D eigenvalue weighted by atomic mass is 9.93. The van der Waals surface area contributed by atoms with Gasteiger partial charge in [0.2, 0.25) is 0 Å². The molecule has 4 rings (SSSR count). The predicted octanol–water partition coefficient (Wildman–Crippen LogP) is 2.53. The Bertz CT molecular complexity index is 641. The van der Waals surface area contributed by atoms with E-state index in [-0.39, 0.29) is 18.5 Å². The fourth-order valence-electron chi connectivity index (χ4n) is 4.05. The second kappa shape index (κ2) is 5.69. The van der Waals surface area contributed by atoms with Crippen LogP contribution >= 0.6 is 0 Å². The quantitative estimate of drug-likeness (QED) is 0.872. The van der Waals surface area contributed by atoms with Gasteiger partial charge >= 0.3 is 6.03 Å². The smallest absolute Gasteiger partial charge is 0.317 e. The zero-order chi connectivity index (χ0) is 16.8. The Balaban J connectivity index is 1.25. The van der Waals surface area contributed by atoms with Crippen LogP contribution in [-0.2, 0) is 13.0 Å². The van der Waals surface area contributed by atoms with Crippen molar-refractivity contribution in [1.82, 2.24) is 15.5 Å². The van der Waals surface area contributed by atoms with Gasteiger partial charge in [0.1, 0.15) is 0 Å². The van der Waals surface area contributed by atoms with Crippen LogP contribution in [0.4, 0.5) is 13.6 Å². The van der Waals surface area contributed by atoms with Crippen LogP contribution in [0.2, 0.25) is 0 Å². The number of amides is 2. The van der Waals surface area contributed by atoms with E-state index >= 15 is 0 Å². The van der Waals surface area contributed by atoms with Gasteiger partial charge in [0, 0.05) is 44.1 Å². The van der Waals surface area contributed by atoms with Gasteiger partial charge in [-0.05, 0) is 30.4 Å². The Morgan fingerprint density at radius 3 is 2.58 bits per heavy atom. The number of nitrogens with one attached hydrogen (secondary N) is 2. The number of likely N-dealkylation sites (tertiary alicyclic amines) is 1. The summed E-state index contributed by atoms with van der Waals surface area (Å²) in [7, 11) is 0. The van der Waals surface area contributed by atoms with E-state index in [1.54, 1.807) is 4.90 Å². The Labute approximate surface area is 140 Å². The van der Waals surface area contributed by atoms with Gasteiger partial charge in [-0.25, -0.2) is 13.6 Å². The largest absolute Gasteiger partial charge is 0.336 e. The molecule has 130 valence electrons. The third-order valence-electron chi connectivity index (χ3n) is 5.88. The Kier molecular flexibility index (Phi) is 3.75. The van der Waals surface area contributed by atoms with E-state index in [2.05, 4.69) is 22.8 Å². The highest BCUT2D eigenvalue weighted by Gasteiger charge is 2.70. The second-order valence-electron chi connectivity index (χ2n) is 7.39. The SMILES string of the molecule is O=C(NCC1Cc2ccccc2CN1)N1CCC2(CC1)CC2(F)F. The van der Waals surface area contributed by atoms with E-state index in [1.807, 2.05) is 12.1 Å². The van der Waals surface area contributed by atoms with Gasteiger partial charge < -0.3 is 15.5 Å². The topological polar surface area (TPSA) is 44.4 Å². The van der Waals surface area contributed by atoms with Crippen molar-refractivity contribution in [1.29, 1.82) is 0 Å². The van der Waals surface area contributed by atoms with Gasteiger partial charge in [0.05, 0.1) is 0 Å². The zero-order valence-electron chi connectivity index (χ0n) is 13.7. The van der Waals surface area contributed by atoms with Gasteiger partial charge in [-0.15, -0.1) is 0 Å². The van der Waals surface area contributed by atoms with Crippen molar-refractivity contribution in [2.24, 2.45) is 5.41 Å². The molecule has 1 aliphatic carbocycles. The molecule has 3 aliphatic rings. The molecule has 1 aromatic carbocycles. The Morgan fingerprint density at radius 2 is 1.92 bits per heavy atom. The van der Waals surface area contributed by atoms with Crippen molar-refractivity contribution < 1.29 is 13.6 Å². The van der Waals surface area contributed by atoms with Crippen LogP contribution in [0, 0.1) is 5.41 Å². The van der Waals surface area contributed by atoms with E-state index < -0.39 is 11.3 Å². The van der Waals surface area contributed by atoms with Gasteiger partial charge in [-0.1, -0.05) is 24.3 Å². The molecule has 6 heteroatoms. The summed E-state index contributed by atoms with van der Waals surface area (Å²) in [6, 6.07) is 8.41. The number of fused-ring (bicyclic) bond motifs is 1. The summed E-state index contributed by atoms with van der Waals surface area (Å²) in [6.07, 6.45) is 1.73.